The van der Waals surface area contributed by atoms with Gasteiger partial charge in [0.15, 0.2) is 0 Å². The van der Waals surface area contributed by atoms with E-state index in [1.165, 1.54) is 10.6 Å². The lowest BCUT2D eigenvalue weighted by atomic mass is 9.99. The van der Waals surface area contributed by atoms with E-state index in [1.807, 2.05) is 0 Å². The molecule has 17 heavy (non-hydrogen) atoms. The van der Waals surface area contributed by atoms with Crippen molar-refractivity contribution in [2.45, 2.75) is 12.8 Å². The van der Waals surface area contributed by atoms with Crippen LogP contribution in [0.25, 0.3) is 0 Å². The van der Waals surface area contributed by atoms with Crippen LogP contribution in [0.3, 0.4) is 0 Å². The average Bonchev–Trinajstić information content (AvgIpc) is 2.28. The van der Waals surface area contributed by atoms with Gasteiger partial charge in [0.2, 0.25) is 15.9 Å². The number of carbonyl (C=O) groups is 1. The smallest absolute Gasteiger partial charge is 0.224 e. The van der Waals surface area contributed by atoms with Crippen LogP contribution in [0.4, 0.5) is 0 Å². The van der Waals surface area contributed by atoms with Gasteiger partial charge in [-0.2, -0.15) is 0 Å². The zero-order valence-electron chi connectivity index (χ0n) is 10.3. The number of sulfonamides is 1. The van der Waals surface area contributed by atoms with Crippen LogP contribution in [0, 0.1) is 5.92 Å². The summed E-state index contributed by atoms with van der Waals surface area (Å²) in [7, 11) is -1.62. The van der Waals surface area contributed by atoms with E-state index < -0.39 is 10.0 Å². The molecule has 1 aliphatic rings. The Balaban J connectivity index is 2.46. The fraction of sp³-hybridized carbons (Fsp3) is 0.900. The second-order valence-electron chi connectivity index (χ2n) is 4.24. The van der Waals surface area contributed by atoms with Gasteiger partial charge in [0, 0.05) is 26.7 Å². The Morgan fingerprint density at radius 2 is 2.24 bits per heavy atom. The predicted molar refractivity (Wildman–Crippen MR) is 64.0 cm³/mol. The average molecular weight is 264 g/mol. The molecule has 1 heterocycles. The largest absolute Gasteiger partial charge is 0.383 e. The first kappa shape index (κ1) is 14.4. The van der Waals surface area contributed by atoms with Gasteiger partial charge < -0.3 is 10.1 Å². The molecule has 0 aromatic rings. The third-order valence-electron chi connectivity index (χ3n) is 2.83. The van der Waals surface area contributed by atoms with Crippen molar-refractivity contribution in [2.75, 3.05) is 39.6 Å². The van der Waals surface area contributed by atoms with Crippen LogP contribution in [0.2, 0.25) is 0 Å². The molecule has 0 bridgehead atoms. The monoisotopic (exact) mass is 264 g/mol. The number of hydrogen-bond donors (Lipinski definition) is 1. The van der Waals surface area contributed by atoms with E-state index >= 15 is 0 Å². The number of carbonyl (C=O) groups excluding carboxylic acids is 1. The summed E-state index contributed by atoms with van der Waals surface area (Å²) < 4.78 is 29.0. The highest BCUT2D eigenvalue weighted by Crippen LogP contribution is 2.18. The Morgan fingerprint density at radius 3 is 2.82 bits per heavy atom. The molecule has 6 nitrogen and oxygen atoms in total. The van der Waals surface area contributed by atoms with Crippen molar-refractivity contribution in [2.24, 2.45) is 5.92 Å². The molecule has 1 amide bonds. The zero-order chi connectivity index (χ0) is 12.9. The molecule has 1 saturated heterocycles. The molecule has 1 fully saturated rings. The number of ether oxygens (including phenoxy) is 1. The van der Waals surface area contributed by atoms with Crippen molar-refractivity contribution in [3.8, 4) is 0 Å². The van der Waals surface area contributed by atoms with E-state index in [2.05, 4.69) is 5.32 Å². The summed E-state index contributed by atoms with van der Waals surface area (Å²) in [5.41, 5.74) is 0. The third-order valence-corrected chi connectivity index (χ3v) is 4.10. The quantitative estimate of drug-likeness (QED) is 0.674. The van der Waals surface area contributed by atoms with Gasteiger partial charge in [-0.05, 0) is 12.8 Å². The van der Waals surface area contributed by atoms with Gasteiger partial charge in [0.05, 0.1) is 18.8 Å². The molecule has 1 N–H and O–H groups in total. The van der Waals surface area contributed by atoms with E-state index in [0.717, 1.165) is 12.8 Å². The summed E-state index contributed by atoms with van der Waals surface area (Å²) in [5, 5.41) is 2.74. The van der Waals surface area contributed by atoms with Crippen molar-refractivity contribution < 1.29 is 17.9 Å². The van der Waals surface area contributed by atoms with Crippen LogP contribution >= 0.6 is 0 Å². The Hall–Kier alpha value is -0.660. The minimum absolute atomic E-state index is 0.0876. The maximum atomic E-state index is 11.8. The van der Waals surface area contributed by atoms with E-state index in [1.54, 1.807) is 7.11 Å². The highest BCUT2D eigenvalue weighted by molar-refractivity contribution is 7.88. The summed E-state index contributed by atoms with van der Waals surface area (Å²) in [6.07, 6.45) is 2.65. The molecular formula is C10H20N2O4S. The first-order valence-corrected chi connectivity index (χ1v) is 7.51. The Labute approximate surface area is 102 Å². The number of rotatable bonds is 5. The number of nitrogens with zero attached hydrogens (tertiary/aromatic N) is 1. The summed E-state index contributed by atoms with van der Waals surface area (Å²) in [4.78, 5) is 11.8. The number of nitrogens with one attached hydrogen (secondary N) is 1. The lowest BCUT2D eigenvalue weighted by Crippen LogP contribution is -2.45. The molecule has 0 saturated carbocycles. The van der Waals surface area contributed by atoms with Crippen LogP contribution in [0.15, 0.2) is 0 Å². The van der Waals surface area contributed by atoms with Gasteiger partial charge in [-0.15, -0.1) is 0 Å². The molecular weight excluding hydrogens is 244 g/mol. The number of hydrogen-bond acceptors (Lipinski definition) is 4. The highest BCUT2D eigenvalue weighted by atomic mass is 32.2. The highest BCUT2D eigenvalue weighted by Gasteiger charge is 2.29. The Bertz CT molecular complexity index is 355. The summed E-state index contributed by atoms with van der Waals surface area (Å²) in [6.45, 7) is 1.73. The number of methoxy groups -OCH3 is 1. The number of amides is 1. The van der Waals surface area contributed by atoms with E-state index in [4.69, 9.17) is 4.74 Å². The molecule has 0 aliphatic carbocycles. The lowest BCUT2D eigenvalue weighted by Gasteiger charge is -2.30. The molecule has 1 atom stereocenters. The van der Waals surface area contributed by atoms with Crippen molar-refractivity contribution in [3.05, 3.63) is 0 Å². The van der Waals surface area contributed by atoms with Gasteiger partial charge in [0.1, 0.15) is 0 Å². The van der Waals surface area contributed by atoms with Gasteiger partial charge in [-0.3, -0.25) is 4.79 Å². The van der Waals surface area contributed by atoms with Crippen molar-refractivity contribution in [1.29, 1.82) is 0 Å². The molecule has 0 aromatic heterocycles. The van der Waals surface area contributed by atoms with Crippen molar-refractivity contribution in [1.82, 2.24) is 9.62 Å². The maximum absolute atomic E-state index is 11.8. The topological polar surface area (TPSA) is 75.7 Å². The molecule has 1 rings (SSSR count). The molecule has 1 unspecified atom stereocenters. The van der Waals surface area contributed by atoms with Crippen molar-refractivity contribution in [3.63, 3.8) is 0 Å². The molecule has 1 aliphatic heterocycles. The molecule has 0 aromatic carbocycles. The van der Waals surface area contributed by atoms with Crippen molar-refractivity contribution >= 4 is 15.9 Å². The van der Waals surface area contributed by atoms with Gasteiger partial charge in [-0.25, -0.2) is 12.7 Å². The van der Waals surface area contributed by atoms with Gasteiger partial charge in [-0.1, -0.05) is 0 Å². The normalized spacial score (nSPS) is 22.4. The second kappa shape index (κ2) is 6.32. The maximum Gasteiger partial charge on any atom is 0.224 e. The van der Waals surface area contributed by atoms with Crippen LogP contribution in [0.5, 0.6) is 0 Å². The fourth-order valence-electron chi connectivity index (χ4n) is 1.88. The van der Waals surface area contributed by atoms with Gasteiger partial charge >= 0.3 is 0 Å². The SMILES string of the molecule is COCCNC(=O)C1CCCN(S(C)(=O)=O)C1. The summed E-state index contributed by atoms with van der Waals surface area (Å²) in [5.74, 6) is -0.328. The van der Waals surface area contributed by atoms with Crippen LogP contribution in [0.1, 0.15) is 12.8 Å². The van der Waals surface area contributed by atoms with E-state index in [9.17, 15) is 13.2 Å². The zero-order valence-corrected chi connectivity index (χ0v) is 11.1. The Morgan fingerprint density at radius 1 is 1.53 bits per heavy atom. The standard InChI is InChI=1S/C10H20N2O4S/c1-16-7-5-11-10(13)9-4-3-6-12(8-9)17(2,14)15/h9H,3-8H2,1-2H3,(H,11,13). The molecule has 0 spiro atoms. The van der Waals surface area contributed by atoms with Crippen LogP contribution in [-0.4, -0.2) is 58.2 Å². The summed E-state index contributed by atoms with van der Waals surface area (Å²) >= 11 is 0. The minimum atomic E-state index is -3.19. The fourth-order valence-corrected chi connectivity index (χ4v) is 2.79. The summed E-state index contributed by atoms with van der Waals surface area (Å²) in [6, 6.07) is 0. The third kappa shape index (κ3) is 4.61. The van der Waals surface area contributed by atoms with E-state index in [0.29, 0.717) is 19.7 Å². The Kier molecular flexibility index (Phi) is 5.35. The first-order chi connectivity index (χ1) is 7.95. The van der Waals surface area contributed by atoms with E-state index in [-0.39, 0.29) is 18.4 Å². The lowest BCUT2D eigenvalue weighted by molar-refractivity contribution is -0.126. The van der Waals surface area contributed by atoms with Gasteiger partial charge in [0.25, 0.3) is 0 Å². The second-order valence-corrected chi connectivity index (χ2v) is 6.23. The molecule has 0 radical (unpaired) electrons. The predicted octanol–water partition coefficient (Wildman–Crippen LogP) is -0.579. The first-order valence-electron chi connectivity index (χ1n) is 5.67. The minimum Gasteiger partial charge on any atom is -0.383 e. The van der Waals surface area contributed by atoms with Crippen LogP contribution in [-0.2, 0) is 19.6 Å². The molecule has 7 heteroatoms. The van der Waals surface area contributed by atoms with Crippen LogP contribution < -0.4 is 5.32 Å². The molecule has 100 valence electrons. The number of piperidine rings is 1.